The Balaban J connectivity index is 1.44. The van der Waals surface area contributed by atoms with Gasteiger partial charge in [-0.3, -0.25) is 9.36 Å². The fourth-order valence-corrected chi connectivity index (χ4v) is 4.22. The van der Waals surface area contributed by atoms with Crippen LogP contribution in [0.5, 0.6) is 0 Å². The van der Waals surface area contributed by atoms with Crippen LogP contribution in [0.3, 0.4) is 0 Å². The van der Waals surface area contributed by atoms with E-state index in [1.165, 1.54) is 12.8 Å². The fourth-order valence-electron chi connectivity index (χ4n) is 4.22. The van der Waals surface area contributed by atoms with Crippen molar-refractivity contribution in [2.75, 3.05) is 0 Å². The van der Waals surface area contributed by atoms with Gasteiger partial charge < -0.3 is 9.40 Å². The number of nitrogens with zero attached hydrogens (tertiary/aromatic N) is 2. The summed E-state index contributed by atoms with van der Waals surface area (Å²) in [6.07, 6.45) is 5.30. The lowest BCUT2D eigenvalue weighted by Crippen LogP contribution is -2.17. The van der Waals surface area contributed by atoms with E-state index in [0.29, 0.717) is 30.3 Å². The Morgan fingerprint density at radius 1 is 0.938 bits per heavy atom. The van der Waals surface area contributed by atoms with Gasteiger partial charge in [0, 0.05) is 18.5 Å². The summed E-state index contributed by atoms with van der Waals surface area (Å²) in [6, 6.07) is 24.3. The summed E-state index contributed by atoms with van der Waals surface area (Å²) >= 11 is 0. The summed E-state index contributed by atoms with van der Waals surface area (Å²) in [5.74, 6) is 3.05. The van der Waals surface area contributed by atoms with Crippen LogP contribution in [0.1, 0.15) is 47.2 Å². The Bertz CT molecular complexity index is 1390. The second-order valence-corrected chi connectivity index (χ2v) is 8.49. The average molecular weight is 422 g/mol. The first-order valence-corrected chi connectivity index (χ1v) is 11.1. The van der Waals surface area contributed by atoms with Crippen molar-refractivity contribution in [3.63, 3.8) is 0 Å². The van der Waals surface area contributed by atoms with Crippen LogP contribution >= 0.6 is 0 Å². The maximum Gasteiger partial charge on any atom is 0.278 e. The van der Waals surface area contributed by atoms with Crippen LogP contribution in [0.15, 0.2) is 88.2 Å². The molecular weight excluding hydrogens is 398 g/mol. The van der Waals surface area contributed by atoms with E-state index in [1.807, 2.05) is 66.9 Å². The van der Waals surface area contributed by atoms with Crippen LogP contribution < -0.4 is 5.56 Å². The molecule has 32 heavy (non-hydrogen) atoms. The predicted octanol–water partition coefficient (Wildman–Crippen LogP) is 5.32. The molecule has 0 spiro atoms. The minimum absolute atomic E-state index is 0.0927. The monoisotopic (exact) mass is 421 g/mol. The van der Waals surface area contributed by atoms with E-state index < -0.39 is 0 Å². The van der Waals surface area contributed by atoms with Gasteiger partial charge in [-0.1, -0.05) is 60.7 Å². The molecule has 1 aromatic heterocycles. The Kier molecular flexibility index (Phi) is 4.53. The van der Waals surface area contributed by atoms with Crippen molar-refractivity contribution in [1.82, 2.24) is 14.5 Å². The first-order valence-electron chi connectivity index (χ1n) is 11.1. The SMILES string of the molecule is O=c1c(Cc2ccc(C3CC3)o2)nc2c(Cc3ccccc3)[nH]c(-c3ccccc3)cn1-2. The highest BCUT2D eigenvalue weighted by Crippen LogP contribution is 2.40. The Morgan fingerprint density at radius 3 is 2.44 bits per heavy atom. The van der Waals surface area contributed by atoms with Crippen LogP contribution in [0.25, 0.3) is 17.1 Å². The molecule has 0 bridgehead atoms. The van der Waals surface area contributed by atoms with Gasteiger partial charge in [0.25, 0.3) is 5.56 Å². The zero-order valence-electron chi connectivity index (χ0n) is 17.6. The quantitative estimate of drug-likeness (QED) is 0.404. The van der Waals surface area contributed by atoms with Crippen molar-refractivity contribution >= 4 is 0 Å². The van der Waals surface area contributed by atoms with E-state index in [1.54, 1.807) is 4.57 Å². The molecule has 0 atom stereocenters. The summed E-state index contributed by atoms with van der Waals surface area (Å²) < 4.78 is 7.66. The van der Waals surface area contributed by atoms with E-state index in [-0.39, 0.29) is 5.56 Å². The molecule has 2 aromatic carbocycles. The van der Waals surface area contributed by atoms with E-state index in [9.17, 15) is 4.79 Å². The van der Waals surface area contributed by atoms with Crippen molar-refractivity contribution in [2.24, 2.45) is 0 Å². The van der Waals surface area contributed by atoms with Gasteiger partial charge >= 0.3 is 0 Å². The number of hydrogen-bond acceptors (Lipinski definition) is 3. The average Bonchev–Trinajstić information content (AvgIpc) is 3.50. The molecule has 0 unspecified atom stereocenters. The van der Waals surface area contributed by atoms with E-state index in [0.717, 1.165) is 34.0 Å². The topological polar surface area (TPSA) is 63.8 Å². The lowest BCUT2D eigenvalue weighted by Gasteiger charge is -2.13. The Labute approximate surface area is 185 Å². The largest absolute Gasteiger partial charge is 0.465 e. The lowest BCUT2D eigenvalue weighted by molar-refractivity contribution is 0.473. The number of imidazole rings is 1. The molecule has 0 radical (unpaired) electrons. The Morgan fingerprint density at radius 2 is 1.69 bits per heavy atom. The highest BCUT2D eigenvalue weighted by molar-refractivity contribution is 5.60. The number of fused-ring (bicyclic) bond motifs is 1. The standard InChI is InChI=1S/C27H23N3O2/c31-27-23(16-21-13-14-25(32-21)20-11-12-20)29-26-22(15-18-7-3-1-4-8-18)28-24(17-30(26)27)19-9-5-2-6-10-19/h1-10,13-14,17,20,28H,11-12,15-16H2. The second kappa shape index (κ2) is 7.68. The summed E-state index contributed by atoms with van der Waals surface area (Å²) in [5.41, 5.74) is 4.41. The van der Waals surface area contributed by atoms with Crippen molar-refractivity contribution in [3.8, 4) is 17.1 Å². The minimum Gasteiger partial charge on any atom is -0.465 e. The zero-order chi connectivity index (χ0) is 21.5. The molecule has 2 aliphatic heterocycles. The zero-order valence-corrected chi connectivity index (χ0v) is 17.6. The van der Waals surface area contributed by atoms with Gasteiger partial charge in [0.2, 0.25) is 0 Å². The van der Waals surface area contributed by atoms with E-state index in [4.69, 9.17) is 9.40 Å². The smallest absolute Gasteiger partial charge is 0.278 e. The van der Waals surface area contributed by atoms with Gasteiger partial charge in [0.1, 0.15) is 17.2 Å². The molecule has 5 heteroatoms. The molecule has 158 valence electrons. The van der Waals surface area contributed by atoms with Crippen LogP contribution in [0.4, 0.5) is 0 Å². The molecule has 3 aromatic rings. The van der Waals surface area contributed by atoms with Crippen molar-refractivity contribution in [1.29, 1.82) is 0 Å². The molecule has 0 saturated heterocycles. The minimum atomic E-state index is -0.0927. The number of furan rings is 1. The molecular formula is C27H23N3O2. The van der Waals surface area contributed by atoms with Crippen molar-refractivity contribution in [3.05, 3.63) is 118 Å². The van der Waals surface area contributed by atoms with Crippen LogP contribution in [0.2, 0.25) is 0 Å². The third-order valence-corrected chi connectivity index (χ3v) is 6.06. The van der Waals surface area contributed by atoms with Gasteiger partial charge in [-0.05, 0) is 36.1 Å². The van der Waals surface area contributed by atoms with Gasteiger partial charge in [0.05, 0.1) is 17.8 Å². The number of benzene rings is 2. The number of hydrogen-bond donors (Lipinski definition) is 1. The van der Waals surface area contributed by atoms with E-state index >= 15 is 0 Å². The summed E-state index contributed by atoms with van der Waals surface area (Å²) in [4.78, 5) is 21.6. The molecule has 0 amide bonds. The molecule has 1 saturated carbocycles. The molecule has 1 fully saturated rings. The first-order chi connectivity index (χ1) is 15.7. The molecule has 1 aliphatic carbocycles. The third kappa shape index (κ3) is 3.56. The van der Waals surface area contributed by atoms with Crippen LogP contribution in [-0.2, 0) is 12.8 Å². The van der Waals surface area contributed by atoms with Crippen LogP contribution in [0, 0.1) is 0 Å². The van der Waals surface area contributed by atoms with Gasteiger partial charge in [-0.2, -0.15) is 0 Å². The fraction of sp³-hybridized carbons (Fsp3) is 0.185. The normalized spacial score (nSPS) is 13.6. The second-order valence-electron chi connectivity index (χ2n) is 8.49. The number of nitrogens with one attached hydrogen (secondary N) is 1. The predicted molar refractivity (Wildman–Crippen MR) is 124 cm³/mol. The van der Waals surface area contributed by atoms with Gasteiger partial charge in [-0.15, -0.1) is 0 Å². The number of rotatable bonds is 6. The summed E-state index contributed by atoms with van der Waals surface area (Å²) in [5, 5.41) is 0. The van der Waals surface area contributed by atoms with Crippen LogP contribution in [-0.4, -0.2) is 14.5 Å². The molecule has 1 N–H and O–H groups in total. The maximum absolute atomic E-state index is 13.3. The summed E-state index contributed by atoms with van der Waals surface area (Å²) in [6.45, 7) is 0. The lowest BCUT2D eigenvalue weighted by atomic mass is 10.1. The van der Waals surface area contributed by atoms with Gasteiger partial charge in [0.15, 0.2) is 5.82 Å². The first kappa shape index (κ1) is 18.9. The maximum atomic E-state index is 13.3. The highest BCUT2D eigenvalue weighted by Gasteiger charge is 2.27. The molecule has 3 heterocycles. The highest BCUT2D eigenvalue weighted by atomic mass is 16.3. The summed E-state index contributed by atoms with van der Waals surface area (Å²) in [7, 11) is 0. The Hall–Kier alpha value is -3.86. The third-order valence-electron chi connectivity index (χ3n) is 6.06. The van der Waals surface area contributed by atoms with Gasteiger partial charge in [-0.25, -0.2) is 4.98 Å². The number of aromatic nitrogens is 3. The van der Waals surface area contributed by atoms with E-state index in [2.05, 4.69) is 17.1 Å². The number of aromatic amines is 1. The van der Waals surface area contributed by atoms with Crippen molar-refractivity contribution < 1.29 is 4.42 Å². The molecule has 6 rings (SSSR count). The molecule has 3 aliphatic rings. The molecule has 5 nitrogen and oxygen atoms in total. The number of H-pyrrole nitrogens is 1. The van der Waals surface area contributed by atoms with Crippen molar-refractivity contribution in [2.45, 2.75) is 31.6 Å².